The first-order valence-electron chi connectivity index (χ1n) is 6.77. The van der Waals surface area contributed by atoms with Gasteiger partial charge < -0.3 is 9.64 Å². The summed E-state index contributed by atoms with van der Waals surface area (Å²) in [5.41, 5.74) is 3.98. The molecule has 0 spiro atoms. The summed E-state index contributed by atoms with van der Waals surface area (Å²) in [5.74, 6) is 0.906. The molecule has 1 unspecified atom stereocenters. The summed E-state index contributed by atoms with van der Waals surface area (Å²) in [7, 11) is 3.44. The van der Waals surface area contributed by atoms with Gasteiger partial charge in [-0.1, -0.05) is 24.3 Å². The Morgan fingerprint density at radius 2 is 1.95 bits per heavy atom. The van der Waals surface area contributed by atoms with Crippen LogP contribution in [0.1, 0.15) is 22.1 Å². The zero-order valence-corrected chi connectivity index (χ0v) is 12.7. The zero-order chi connectivity index (χ0) is 15.0. The number of hydrogen-bond acceptors (Lipinski definition) is 2. The highest BCUT2D eigenvalue weighted by Crippen LogP contribution is 2.35. The van der Waals surface area contributed by atoms with Gasteiger partial charge in [-0.2, -0.15) is 0 Å². The number of ether oxygens (including phenoxy) is 1. The lowest BCUT2D eigenvalue weighted by Gasteiger charge is -2.14. The summed E-state index contributed by atoms with van der Waals surface area (Å²) in [6.45, 7) is 0. The number of anilines is 1. The van der Waals surface area contributed by atoms with Crippen LogP contribution in [0.15, 0.2) is 42.5 Å². The third-order valence-corrected chi connectivity index (χ3v) is 4.36. The van der Waals surface area contributed by atoms with Crippen LogP contribution in [0.25, 0.3) is 0 Å². The van der Waals surface area contributed by atoms with Gasteiger partial charge in [0.25, 0.3) is 0 Å². The van der Waals surface area contributed by atoms with Gasteiger partial charge in [0.15, 0.2) is 0 Å². The minimum Gasteiger partial charge on any atom is -0.497 e. The molecule has 2 aromatic rings. The number of likely N-dealkylation sites (N-methyl/N-ethyl adjacent to an activating group) is 1. The highest BCUT2D eigenvalue weighted by atomic mass is 35.5. The van der Waals surface area contributed by atoms with Gasteiger partial charge in [-0.05, 0) is 34.9 Å². The quantitative estimate of drug-likeness (QED) is 0.812. The third-order valence-electron chi connectivity index (χ3n) is 3.86. The van der Waals surface area contributed by atoms with E-state index >= 15 is 0 Å². The van der Waals surface area contributed by atoms with Crippen LogP contribution in [0.5, 0.6) is 5.75 Å². The average Bonchev–Trinajstić information content (AvgIpc) is 2.81. The number of fused-ring (bicyclic) bond motifs is 1. The van der Waals surface area contributed by atoms with Crippen LogP contribution in [-0.2, 0) is 11.2 Å². The molecule has 0 fully saturated rings. The second-order valence-corrected chi connectivity index (χ2v) is 5.59. The molecule has 0 saturated carbocycles. The van der Waals surface area contributed by atoms with E-state index in [0.717, 1.165) is 28.1 Å². The Morgan fingerprint density at radius 3 is 2.71 bits per heavy atom. The maximum absolute atomic E-state index is 11.7. The number of rotatable bonds is 3. The Morgan fingerprint density at radius 1 is 1.19 bits per heavy atom. The van der Waals surface area contributed by atoms with Crippen LogP contribution in [0.4, 0.5) is 5.69 Å². The predicted molar refractivity (Wildman–Crippen MR) is 84.2 cm³/mol. The molecule has 0 saturated heterocycles. The van der Waals surface area contributed by atoms with E-state index in [4.69, 9.17) is 16.3 Å². The second kappa shape index (κ2) is 5.41. The van der Waals surface area contributed by atoms with Gasteiger partial charge in [-0.25, -0.2) is 0 Å². The van der Waals surface area contributed by atoms with Crippen LogP contribution >= 0.6 is 11.6 Å². The third kappa shape index (κ3) is 2.49. The molecule has 3 rings (SSSR count). The number of amides is 1. The fraction of sp³-hybridized carbons (Fsp3) is 0.235. The van der Waals surface area contributed by atoms with Crippen molar-refractivity contribution in [3.63, 3.8) is 0 Å². The van der Waals surface area contributed by atoms with E-state index in [2.05, 4.69) is 0 Å². The summed E-state index contributed by atoms with van der Waals surface area (Å²) in [6.07, 6.45) is 0.446. The van der Waals surface area contributed by atoms with Crippen LogP contribution < -0.4 is 9.64 Å². The van der Waals surface area contributed by atoms with Gasteiger partial charge in [0.2, 0.25) is 5.91 Å². The van der Waals surface area contributed by atoms with Gasteiger partial charge in [0, 0.05) is 12.7 Å². The lowest BCUT2D eigenvalue weighted by molar-refractivity contribution is -0.117. The number of benzene rings is 2. The summed E-state index contributed by atoms with van der Waals surface area (Å²) in [5, 5.41) is -0.258. The molecule has 4 heteroatoms. The van der Waals surface area contributed by atoms with Crippen LogP contribution in [0, 0.1) is 0 Å². The smallest absolute Gasteiger partial charge is 0.231 e. The van der Waals surface area contributed by atoms with E-state index < -0.39 is 0 Å². The normalized spacial score (nSPS) is 15.0. The summed E-state index contributed by atoms with van der Waals surface area (Å²) >= 11 is 6.58. The summed E-state index contributed by atoms with van der Waals surface area (Å²) in [4.78, 5) is 13.4. The minimum atomic E-state index is -0.258. The monoisotopic (exact) mass is 301 g/mol. The Kier molecular flexibility index (Phi) is 3.60. The predicted octanol–water partition coefficient (Wildman–Crippen LogP) is 3.54. The molecule has 0 radical (unpaired) electrons. The van der Waals surface area contributed by atoms with E-state index in [0.29, 0.717) is 6.42 Å². The van der Waals surface area contributed by atoms with Crippen molar-refractivity contribution >= 4 is 23.2 Å². The summed E-state index contributed by atoms with van der Waals surface area (Å²) in [6, 6.07) is 13.7. The molecule has 21 heavy (non-hydrogen) atoms. The molecule has 0 bridgehead atoms. The van der Waals surface area contributed by atoms with Gasteiger partial charge in [0.1, 0.15) is 5.75 Å². The lowest BCUT2D eigenvalue weighted by Crippen LogP contribution is -2.20. The number of carbonyl (C=O) groups is 1. The van der Waals surface area contributed by atoms with Gasteiger partial charge in [0.05, 0.1) is 18.9 Å². The molecule has 1 aliphatic heterocycles. The second-order valence-electron chi connectivity index (χ2n) is 5.16. The number of nitrogens with zero attached hydrogens (tertiary/aromatic N) is 1. The first kappa shape index (κ1) is 14.0. The Balaban J connectivity index is 1.94. The van der Waals surface area contributed by atoms with Crippen molar-refractivity contribution < 1.29 is 9.53 Å². The van der Waals surface area contributed by atoms with Gasteiger partial charge in [-0.15, -0.1) is 11.6 Å². The Hall–Kier alpha value is -2.00. The molecule has 1 heterocycles. The van der Waals surface area contributed by atoms with Crippen molar-refractivity contribution in [3.8, 4) is 5.75 Å². The van der Waals surface area contributed by atoms with E-state index in [9.17, 15) is 4.79 Å². The molecule has 2 aromatic carbocycles. The largest absolute Gasteiger partial charge is 0.497 e. The number of carbonyl (C=O) groups excluding carboxylic acids is 1. The van der Waals surface area contributed by atoms with E-state index in [1.165, 1.54) is 0 Å². The average molecular weight is 302 g/mol. The van der Waals surface area contributed by atoms with Crippen molar-refractivity contribution in [1.82, 2.24) is 0 Å². The highest BCUT2D eigenvalue weighted by Gasteiger charge is 2.25. The van der Waals surface area contributed by atoms with E-state index in [1.807, 2.05) is 42.5 Å². The van der Waals surface area contributed by atoms with Crippen LogP contribution in [0.3, 0.4) is 0 Å². The molecule has 1 aliphatic rings. The van der Waals surface area contributed by atoms with Crippen molar-refractivity contribution in [2.24, 2.45) is 0 Å². The molecule has 108 valence electrons. The fourth-order valence-electron chi connectivity index (χ4n) is 2.64. The minimum absolute atomic E-state index is 0.120. The fourth-order valence-corrected chi connectivity index (χ4v) is 2.91. The summed E-state index contributed by atoms with van der Waals surface area (Å²) < 4.78 is 5.23. The molecule has 1 atom stereocenters. The van der Waals surface area contributed by atoms with Gasteiger partial charge >= 0.3 is 0 Å². The van der Waals surface area contributed by atoms with E-state index in [1.54, 1.807) is 19.1 Å². The highest BCUT2D eigenvalue weighted by molar-refractivity contribution is 6.22. The van der Waals surface area contributed by atoms with Crippen molar-refractivity contribution in [3.05, 3.63) is 59.2 Å². The molecule has 1 amide bonds. The van der Waals surface area contributed by atoms with Crippen molar-refractivity contribution in [2.45, 2.75) is 11.8 Å². The zero-order valence-electron chi connectivity index (χ0n) is 12.0. The topological polar surface area (TPSA) is 29.5 Å². The molecule has 3 nitrogen and oxygen atoms in total. The Bertz CT molecular complexity index is 699. The van der Waals surface area contributed by atoms with Crippen LogP contribution in [-0.4, -0.2) is 20.1 Å². The number of halogens is 1. The maximum Gasteiger partial charge on any atom is 0.231 e. The molecular formula is C17H16ClNO2. The lowest BCUT2D eigenvalue weighted by atomic mass is 10.0. The first-order valence-corrected chi connectivity index (χ1v) is 7.21. The number of alkyl halides is 1. The SMILES string of the molecule is COc1cccc(C(Cl)c2ccc3c(c2)CC(=O)N3C)c1. The van der Waals surface area contributed by atoms with Crippen molar-refractivity contribution in [1.29, 1.82) is 0 Å². The van der Waals surface area contributed by atoms with Crippen molar-refractivity contribution in [2.75, 3.05) is 19.1 Å². The molecule has 0 N–H and O–H groups in total. The first-order chi connectivity index (χ1) is 10.1. The maximum atomic E-state index is 11.7. The van der Waals surface area contributed by atoms with Gasteiger partial charge in [-0.3, -0.25) is 4.79 Å². The van der Waals surface area contributed by atoms with E-state index in [-0.39, 0.29) is 11.3 Å². The Labute approximate surface area is 129 Å². The number of hydrogen-bond donors (Lipinski definition) is 0. The number of methoxy groups -OCH3 is 1. The van der Waals surface area contributed by atoms with Crippen LogP contribution in [0.2, 0.25) is 0 Å². The molecular weight excluding hydrogens is 286 g/mol. The molecule has 0 aliphatic carbocycles. The molecule has 0 aromatic heterocycles. The standard InChI is InChI=1S/C17H16ClNO2/c1-19-15-7-6-12(8-13(15)10-16(19)20)17(18)11-4-3-5-14(9-11)21-2/h3-9,17H,10H2,1-2H3.